The number of amidine groups is 1. The molecule has 0 bridgehead atoms. The van der Waals surface area contributed by atoms with Gasteiger partial charge in [-0.05, 0) is 29.8 Å². The van der Waals surface area contributed by atoms with E-state index >= 15 is 0 Å². The van der Waals surface area contributed by atoms with Crippen LogP contribution in [0.1, 0.15) is 21.9 Å². The maximum absolute atomic E-state index is 6.09. The molecule has 0 radical (unpaired) electrons. The summed E-state index contributed by atoms with van der Waals surface area (Å²) in [5, 5.41) is 5.61. The smallest absolute Gasteiger partial charge is 0.279 e. The molecule has 3 rings (SSSR count). The summed E-state index contributed by atoms with van der Waals surface area (Å²) in [6.45, 7) is 2.89. The number of benzene rings is 2. The molecule has 0 aromatic heterocycles. The van der Waals surface area contributed by atoms with Crippen molar-refractivity contribution in [1.82, 2.24) is 0 Å². The number of thioether (sulfide) groups is 1. The van der Waals surface area contributed by atoms with E-state index < -0.39 is 0 Å². The Balaban J connectivity index is 1.71. The van der Waals surface area contributed by atoms with E-state index in [1.54, 1.807) is 11.8 Å². The van der Waals surface area contributed by atoms with Crippen molar-refractivity contribution < 1.29 is 4.68 Å². The Labute approximate surface area is 129 Å². The number of nitrogens with two attached hydrogens (primary N) is 1. The van der Waals surface area contributed by atoms with Crippen LogP contribution < -0.4 is 5.73 Å². The summed E-state index contributed by atoms with van der Waals surface area (Å²) in [5.41, 5.74) is 9.71. The molecule has 21 heavy (non-hydrogen) atoms. The summed E-state index contributed by atoms with van der Waals surface area (Å²) in [7, 11) is 0. The van der Waals surface area contributed by atoms with Gasteiger partial charge in [-0.1, -0.05) is 65.3 Å². The normalized spacial score (nSPS) is 18.6. The van der Waals surface area contributed by atoms with Gasteiger partial charge in [0.1, 0.15) is 6.54 Å². The highest BCUT2D eigenvalue weighted by molar-refractivity contribution is 8.13. The molecule has 0 saturated carbocycles. The average Bonchev–Trinajstić information content (AvgIpc) is 2.89. The van der Waals surface area contributed by atoms with Crippen molar-refractivity contribution in [2.75, 3.05) is 6.54 Å². The van der Waals surface area contributed by atoms with E-state index in [9.17, 15) is 0 Å². The number of hydrazone groups is 1. The lowest BCUT2D eigenvalue weighted by Crippen LogP contribution is -2.16. The fraction of sp³-hybridized carbons (Fsp3) is 0.176. The third-order valence-electron chi connectivity index (χ3n) is 3.45. The Hall–Kier alpha value is -2.07. The molecule has 1 atom stereocenters. The third-order valence-corrected chi connectivity index (χ3v) is 4.61. The molecule has 0 saturated heterocycles. The van der Waals surface area contributed by atoms with Crippen molar-refractivity contribution >= 4 is 23.1 Å². The van der Waals surface area contributed by atoms with Gasteiger partial charge in [0, 0.05) is 0 Å². The van der Waals surface area contributed by atoms with Gasteiger partial charge in [0.25, 0.3) is 0 Å². The first-order chi connectivity index (χ1) is 10.2. The number of hydrogen-bond acceptors (Lipinski definition) is 3. The van der Waals surface area contributed by atoms with Crippen LogP contribution in [0.15, 0.2) is 59.7 Å². The van der Waals surface area contributed by atoms with Crippen molar-refractivity contribution in [3.05, 3.63) is 71.3 Å². The molecule has 1 heterocycles. The zero-order valence-corrected chi connectivity index (χ0v) is 12.8. The SMILES string of the molecule is Cc1ccc(/C=N/[N+]2=C(N)S[C@@H](c3ccccc3)C2)cc1. The lowest BCUT2D eigenvalue weighted by molar-refractivity contribution is -0.527. The quantitative estimate of drug-likeness (QED) is 0.698. The molecule has 4 heteroatoms. The van der Waals surface area contributed by atoms with Gasteiger partial charge >= 0.3 is 5.17 Å². The monoisotopic (exact) mass is 296 g/mol. The van der Waals surface area contributed by atoms with Crippen LogP contribution in [0.4, 0.5) is 0 Å². The molecule has 1 aliphatic heterocycles. The maximum atomic E-state index is 6.09. The molecule has 0 unspecified atom stereocenters. The van der Waals surface area contributed by atoms with E-state index in [2.05, 4.69) is 60.6 Å². The van der Waals surface area contributed by atoms with Gasteiger partial charge in [-0.15, -0.1) is 4.68 Å². The second kappa shape index (κ2) is 6.14. The Morgan fingerprint density at radius 3 is 2.57 bits per heavy atom. The molecule has 0 fully saturated rings. The summed E-state index contributed by atoms with van der Waals surface area (Å²) < 4.78 is 1.88. The van der Waals surface area contributed by atoms with Crippen molar-refractivity contribution in [2.24, 2.45) is 10.8 Å². The summed E-state index contributed by atoms with van der Waals surface area (Å²) in [6, 6.07) is 18.7. The molecule has 106 valence electrons. The second-order valence-corrected chi connectivity index (χ2v) is 6.32. The summed E-state index contributed by atoms with van der Waals surface area (Å²) >= 11 is 1.67. The lowest BCUT2D eigenvalue weighted by atomic mass is 10.1. The van der Waals surface area contributed by atoms with Crippen LogP contribution in [0, 0.1) is 6.92 Å². The van der Waals surface area contributed by atoms with Gasteiger partial charge < -0.3 is 0 Å². The fourth-order valence-electron chi connectivity index (χ4n) is 2.22. The van der Waals surface area contributed by atoms with Gasteiger partial charge in [-0.3, -0.25) is 5.73 Å². The first kappa shape index (κ1) is 13.9. The maximum Gasteiger partial charge on any atom is 0.330 e. The van der Waals surface area contributed by atoms with Crippen LogP contribution in [-0.4, -0.2) is 22.6 Å². The molecule has 2 aromatic rings. The van der Waals surface area contributed by atoms with E-state index in [1.807, 2.05) is 17.0 Å². The van der Waals surface area contributed by atoms with Crippen molar-refractivity contribution in [3.63, 3.8) is 0 Å². The third kappa shape index (κ3) is 3.34. The molecule has 0 amide bonds. The predicted molar refractivity (Wildman–Crippen MR) is 89.9 cm³/mol. The number of nitrogens with zero attached hydrogens (tertiary/aromatic N) is 2. The van der Waals surface area contributed by atoms with Crippen molar-refractivity contribution in [3.8, 4) is 0 Å². The minimum atomic E-state index is 0.348. The van der Waals surface area contributed by atoms with Crippen LogP contribution in [0.3, 0.4) is 0 Å². The molecule has 0 spiro atoms. The highest BCUT2D eigenvalue weighted by Crippen LogP contribution is 2.33. The van der Waals surface area contributed by atoms with Crippen LogP contribution in [0.2, 0.25) is 0 Å². The first-order valence-corrected chi connectivity index (χ1v) is 7.82. The zero-order chi connectivity index (χ0) is 14.7. The Morgan fingerprint density at radius 2 is 1.86 bits per heavy atom. The van der Waals surface area contributed by atoms with E-state index in [1.165, 1.54) is 11.1 Å². The molecule has 0 aliphatic carbocycles. The fourth-order valence-corrected chi connectivity index (χ4v) is 3.27. The van der Waals surface area contributed by atoms with Gasteiger partial charge in [0.2, 0.25) is 0 Å². The zero-order valence-electron chi connectivity index (χ0n) is 11.9. The Kier molecular flexibility index (Phi) is 4.06. The number of aryl methyl sites for hydroxylation is 1. The van der Waals surface area contributed by atoms with Gasteiger partial charge in [0.05, 0.1) is 11.5 Å². The van der Waals surface area contributed by atoms with E-state index in [-0.39, 0.29) is 0 Å². The van der Waals surface area contributed by atoms with Crippen molar-refractivity contribution in [1.29, 1.82) is 0 Å². The van der Waals surface area contributed by atoms with Crippen LogP contribution in [-0.2, 0) is 0 Å². The van der Waals surface area contributed by atoms with Crippen molar-refractivity contribution in [2.45, 2.75) is 12.2 Å². The predicted octanol–water partition coefficient (Wildman–Crippen LogP) is 3.14. The minimum Gasteiger partial charge on any atom is -0.279 e. The lowest BCUT2D eigenvalue weighted by Gasteiger charge is -2.04. The van der Waals surface area contributed by atoms with Crippen LogP contribution in [0.25, 0.3) is 0 Å². The minimum absolute atomic E-state index is 0.348. The molecule has 2 N–H and O–H groups in total. The molecule has 3 nitrogen and oxygen atoms in total. The highest BCUT2D eigenvalue weighted by atomic mass is 32.2. The van der Waals surface area contributed by atoms with Gasteiger partial charge in [-0.2, -0.15) is 0 Å². The first-order valence-electron chi connectivity index (χ1n) is 6.94. The van der Waals surface area contributed by atoms with Crippen LogP contribution >= 0.6 is 11.8 Å². The molecule has 2 aromatic carbocycles. The largest absolute Gasteiger partial charge is 0.330 e. The number of rotatable bonds is 3. The topological polar surface area (TPSA) is 41.4 Å². The summed E-state index contributed by atoms with van der Waals surface area (Å²) in [6.07, 6.45) is 1.86. The Morgan fingerprint density at radius 1 is 1.14 bits per heavy atom. The van der Waals surface area contributed by atoms with E-state index in [4.69, 9.17) is 5.73 Å². The molecular formula is C17H18N3S+. The highest BCUT2D eigenvalue weighted by Gasteiger charge is 2.29. The van der Waals surface area contributed by atoms with E-state index in [0.29, 0.717) is 5.25 Å². The second-order valence-electron chi connectivity index (χ2n) is 5.09. The van der Waals surface area contributed by atoms with Crippen LogP contribution in [0.5, 0.6) is 0 Å². The van der Waals surface area contributed by atoms with Gasteiger partial charge in [0.15, 0.2) is 0 Å². The van der Waals surface area contributed by atoms with Gasteiger partial charge in [-0.25, -0.2) is 0 Å². The summed E-state index contributed by atoms with van der Waals surface area (Å²) in [5.74, 6) is 0. The average molecular weight is 296 g/mol. The Bertz CT molecular complexity index is 675. The summed E-state index contributed by atoms with van der Waals surface area (Å²) in [4.78, 5) is 0. The van der Waals surface area contributed by atoms with E-state index in [0.717, 1.165) is 17.3 Å². The molecular weight excluding hydrogens is 278 g/mol. The number of hydrogen-bond donors (Lipinski definition) is 1. The molecule has 1 aliphatic rings. The standard InChI is InChI=1S/C17H17N3S/c1-13-7-9-14(10-8-13)11-19-20-12-16(21-17(20)18)15-5-3-2-4-6-15/h2-11,16,18H,12H2,1H3/p+1/b19-11+/t16-/m1/s1.